The number of hydrogen-bond donors (Lipinski definition) is 3. The lowest BCUT2D eigenvalue weighted by atomic mass is 10.0. The van der Waals surface area contributed by atoms with Gasteiger partial charge in [-0.3, -0.25) is 9.59 Å². The van der Waals surface area contributed by atoms with Crippen LogP contribution in [0.5, 0.6) is 11.5 Å². The van der Waals surface area contributed by atoms with Crippen LogP contribution in [-0.2, 0) is 4.79 Å². The summed E-state index contributed by atoms with van der Waals surface area (Å²) in [5.74, 6) is -0.618. The van der Waals surface area contributed by atoms with Gasteiger partial charge in [-0.05, 0) is 25.1 Å². The fourth-order valence-electron chi connectivity index (χ4n) is 1.82. The van der Waals surface area contributed by atoms with Gasteiger partial charge in [-0.1, -0.05) is 0 Å². The molecule has 6 nitrogen and oxygen atoms in total. The summed E-state index contributed by atoms with van der Waals surface area (Å²) < 4.78 is 5.15. The number of phenols is 1. The highest BCUT2D eigenvalue weighted by atomic mass is 16.6. The molecule has 19 heavy (non-hydrogen) atoms. The first kappa shape index (κ1) is 13.1. The maximum Gasteiger partial charge on any atom is 0.253 e. The van der Waals surface area contributed by atoms with Crippen LogP contribution in [0.3, 0.4) is 0 Å². The van der Waals surface area contributed by atoms with Crippen LogP contribution < -0.4 is 10.1 Å². The van der Waals surface area contributed by atoms with Crippen LogP contribution in [0.15, 0.2) is 17.7 Å². The van der Waals surface area contributed by atoms with Crippen LogP contribution in [0.25, 0.3) is 6.08 Å². The number of nitrogens with one attached hydrogen (secondary N) is 1. The highest BCUT2D eigenvalue weighted by Gasteiger charge is 2.28. The SMILES string of the molecule is CCNC(=O)C1=Cc2ccc(O)c(C=O)c2OC1O. The maximum atomic E-state index is 11.7. The molecule has 0 radical (unpaired) electrons. The number of hydrogen-bond acceptors (Lipinski definition) is 5. The Bertz CT molecular complexity index is 564. The number of phenolic OH excluding ortho intramolecular Hbond substituents is 1. The number of amides is 1. The Morgan fingerprint density at radius 3 is 2.89 bits per heavy atom. The van der Waals surface area contributed by atoms with Crippen LogP contribution in [-0.4, -0.2) is 35.2 Å². The molecular formula is C13H13NO5. The van der Waals surface area contributed by atoms with Gasteiger partial charge < -0.3 is 20.3 Å². The molecule has 0 saturated carbocycles. The van der Waals surface area contributed by atoms with Gasteiger partial charge in [0.2, 0.25) is 6.29 Å². The number of rotatable bonds is 3. The van der Waals surface area contributed by atoms with Crippen molar-refractivity contribution in [2.24, 2.45) is 0 Å². The molecule has 1 aromatic rings. The lowest BCUT2D eigenvalue weighted by Crippen LogP contribution is -2.34. The quantitative estimate of drug-likeness (QED) is 0.687. The first-order valence-electron chi connectivity index (χ1n) is 5.74. The average molecular weight is 263 g/mol. The summed E-state index contributed by atoms with van der Waals surface area (Å²) in [6, 6.07) is 2.83. The largest absolute Gasteiger partial charge is 0.507 e. The molecule has 0 aromatic heterocycles. The van der Waals surface area contributed by atoms with Crippen LogP contribution in [0.4, 0.5) is 0 Å². The minimum absolute atomic E-state index is 0.0527. The number of benzene rings is 1. The molecule has 0 saturated heterocycles. The molecule has 100 valence electrons. The molecular weight excluding hydrogens is 250 g/mol. The molecule has 6 heteroatoms. The number of fused-ring (bicyclic) bond motifs is 1. The van der Waals surface area contributed by atoms with E-state index in [2.05, 4.69) is 5.32 Å². The predicted molar refractivity (Wildman–Crippen MR) is 66.8 cm³/mol. The summed E-state index contributed by atoms with van der Waals surface area (Å²) in [6.07, 6.45) is 0.395. The van der Waals surface area contributed by atoms with Gasteiger partial charge in [0.25, 0.3) is 5.91 Å². The normalized spacial score (nSPS) is 16.9. The van der Waals surface area contributed by atoms with Gasteiger partial charge in [-0.2, -0.15) is 0 Å². The summed E-state index contributed by atoms with van der Waals surface area (Å²) in [5.41, 5.74) is 0.450. The summed E-state index contributed by atoms with van der Waals surface area (Å²) >= 11 is 0. The zero-order chi connectivity index (χ0) is 14.0. The highest BCUT2D eigenvalue weighted by Crippen LogP contribution is 2.36. The van der Waals surface area contributed by atoms with E-state index in [0.29, 0.717) is 18.4 Å². The van der Waals surface area contributed by atoms with E-state index >= 15 is 0 Å². The zero-order valence-corrected chi connectivity index (χ0v) is 10.2. The average Bonchev–Trinajstić information content (AvgIpc) is 2.38. The number of ether oxygens (including phenoxy) is 1. The number of aromatic hydroxyl groups is 1. The van der Waals surface area contributed by atoms with Gasteiger partial charge in [0.15, 0.2) is 6.29 Å². The van der Waals surface area contributed by atoms with E-state index in [0.717, 1.165) is 0 Å². The second-order valence-corrected chi connectivity index (χ2v) is 3.96. The lowest BCUT2D eigenvalue weighted by molar-refractivity contribution is -0.120. The minimum Gasteiger partial charge on any atom is -0.507 e. The smallest absolute Gasteiger partial charge is 0.253 e. The Morgan fingerprint density at radius 2 is 2.26 bits per heavy atom. The molecule has 1 atom stereocenters. The van der Waals surface area contributed by atoms with Gasteiger partial charge >= 0.3 is 0 Å². The number of aliphatic hydroxyl groups excluding tert-OH is 1. The maximum absolute atomic E-state index is 11.7. The number of likely N-dealkylation sites (N-methyl/N-ethyl adjacent to an activating group) is 1. The molecule has 1 heterocycles. The standard InChI is InChI=1S/C13H13NO5/c1-2-14-12(17)8-5-7-3-4-10(16)9(6-15)11(7)19-13(8)18/h3-6,13,16,18H,2H2,1H3,(H,14,17). The van der Waals surface area contributed by atoms with Gasteiger partial charge in [0.05, 0.1) is 11.1 Å². The van der Waals surface area contributed by atoms with E-state index in [1.807, 2.05) is 0 Å². The van der Waals surface area contributed by atoms with E-state index < -0.39 is 12.2 Å². The molecule has 1 aliphatic rings. The molecule has 0 aliphatic carbocycles. The summed E-state index contributed by atoms with van der Waals surface area (Å²) in [6.45, 7) is 2.18. The van der Waals surface area contributed by atoms with E-state index in [1.54, 1.807) is 6.92 Å². The topological polar surface area (TPSA) is 95.9 Å². The van der Waals surface area contributed by atoms with E-state index in [9.17, 15) is 19.8 Å². The molecule has 2 rings (SSSR count). The Morgan fingerprint density at radius 1 is 1.53 bits per heavy atom. The zero-order valence-electron chi connectivity index (χ0n) is 10.2. The molecule has 1 unspecified atom stereocenters. The molecule has 1 aliphatic heterocycles. The van der Waals surface area contributed by atoms with E-state index in [1.165, 1.54) is 18.2 Å². The first-order valence-corrected chi connectivity index (χ1v) is 5.74. The van der Waals surface area contributed by atoms with Crippen LogP contribution in [0.1, 0.15) is 22.8 Å². The highest BCUT2D eigenvalue weighted by molar-refractivity contribution is 6.00. The Balaban J connectivity index is 2.49. The third-order valence-electron chi connectivity index (χ3n) is 2.73. The van der Waals surface area contributed by atoms with E-state index in [4.69, 9.17) is 4.74 Å². The Hall–Kier alpha value is -2.34. The molecule has 3 N–H and O–H groups in total. The van der Waals surface area contributed by atoms with Gasteiger partial charge in [-0.15, -0.1) is 0 Å². The molecule has 0 fully saturated rings. The minimum atomic E-state index is -1.47. The molecule has 1 aromatic carbocycles. The van der Waals surface area contributed by atoms with Gasteiger partial charge in [0, 0.05) is 12.1 Å². The first-order chi connectivity index (χ1) is 9.08. The molecule has 0 bridgehead atoms. The Labute approximate surface area is 109 Å². The summed E-state index contributed by atoms with van der Waals surface area (Å²) in [4.78, 5) is 22.6. The van der Waals surface area contributed by atoms with Crippen LogP contribution in [0.2, 0.25) is 0 Å². The van der Waals surface area contributed by atoms with Crippen molar-refractivity contribution in [1.82, 2.24) is 5.32 Å². The lowest BCUT2D eigenvalue weighted by Gasteiger charge is -2.23. The molecule has 0 spiro atoms. The van der Waals surface area contributed by atoms with Gasteiger partial charge in [-0.25, -0.2) is 0 Å². The number of aldehydes is 1. The fourth-order valence-corrected chi connectivity index (χ4v) is 1.82. The van der Waals surface area contributed by atoms with Gasteiger partial charge in [0.1, 0.15) is 11.5 Å². The summed E-state index contributed by atoms with van der Waals surface area (Å²) in [5, 5.41) is 21.8. The van der Waals surface area contributed by atoms with Crippen molar-refractivity contribution in [3.8, 4) is 11.5 Å². The van der Waals surface area contributed by atoms with Crippen molar-refractivity contribution in [1.29, 1.82) is 0 Å². The number of aliphatic hydroxyl groups is 1. The van der Waals surface area contributed by atoms with Crippen molar-refractivity contribution in [2.75, 3.05) is 6.54 Å². The second kappa shape index (κ2) is 5.11. The van der Waals surface area contributed by atoms with Crippen molar-refractivity contribution in [3.63, 3.8) is 0 Å². The predicted octanol–water partition coefficient (Wildman–Crippen LogP) is 0.435. The summed E-state index contributed by atoms with van der Waals surface area (Å²) in [7, 11) is 0. The molecule has 1 amide bonds. The van der Waals surface area contributed by atoms with Crippen molar-refractivity contribution in [3.05, 3.63) is 28.8 Å². The number of carbonyl (C=O) groups is 2. The Kier molecular flexibility index (Phi) is 3.52. The van der Waals surface area contributed by atoms with Crippen LogP contribution in [0, 0.1) is 0 Å². The third-order valence-corrected chi connectivity index (χ3v) is 2.73. The fraction of sp³-hybridized carbons (Fsp3) is 0.231. The third kappa shape index (κ3) is 2.30. The van der Waals surface area contributed by atoms with Crippen molar-refractivity contribution < 1.29 is 24.5 Å². The monoisotopic (exact) mass is 263 g/mol. The number of carbonyl (C=O) groups excluding carboxylic acids is 2. The van der Waals surface area contributed by atoms with Crippen LogP contribution >= 0.6 is 0 Å². The van der Waals surface area contributed by atoms with E-state index in [-0.39, 0.29) is 22.6 Å². The van der Waals surface area contributed by atoms with Crippen molar-refractivity contribution in [2.45, 2.75) is 13.2 Å². The second-order valence-electron chi connectivity index (χ2n) is 3.96. The van der Waals surface area contributed by atoms with Crippen molar-refractivity contribution >= 4 is 18.3 Å².